The van der Waals surface area contributed by atoms with Crippen LogP contribution in [0.1, 0.15) is 50.6 Å². The van der Waals surface area contributed by atoms with Crippen molar-refractivity contribution >= 4 is 17.3 Å². The maximum absolute atomic E-state index is 11.2. The Balaban J connectivity index is 1.29. The van der Waals surface area contributed by atoms with Crippen molar-refractivity contribution in [3.05, 3.63) is 42.2 Å². The highest BCUT2D eigenvalue weighted by Gasteiger charge is 2.45. The van der Waals surface area contributed by atoms with E-state index in [-0.39, 0.29) is 5.41 Å². The maximum Gasteiger partial charge on any atom is 0.209 e. The first kappa shape index (κ1) is 18.8. The third kappa shape index (κ3) is 3.29. The van der Waals surface area contributed by atoms with Gasteiger partial charge in [0.2, 0.25) is 6.41 Å². The van der Waals surface area contributed by atoms with Crippen LogP contribution in [-0.2, 0) is 16.8 Å². The van der Waals surface area contributed by atoms with E-state index in [4.69, 9.17) is 9.84 Å². The van der Waals surface area contributed by atoms with Gasteiger partial charge < -0.3 is 9.64 Å². The molecule has 2 fully saturated rings. The van der Waals surface area contributed by atoms with Crippen LogP contribution in [0, 0.1) is 0 Å². The molecule has 0 bridgehead atoms. The first-order valence-corrected chi connectivity index (χ1v) is 11.6. The van der Waals surface area contributed by atoms with Crippen molar-refractivity contribution in [2.45, 2.75) is 63.0 Å². The molecule has 1 unspecified atom stereocenters. The minimum Gasteiger partial charge on any atom is -0.490 e. The average molecular weight is 417 g/mol. The standard InChI is InChI=1S/C25H28N4O2/c30-17-28-10-8-25(16-28)9-11-29-24(25)14-23(27-29)19-12-18-13-21(6-7-22(18)26-15-19)31-20-4-2-1-3-5-20/h6-7,12-15,17,20H,1-5,8-11,16H2. The van der Waals surface area contributed by atoms with Crippen LogP contribution in [-0.4, -0.2) is 45.3 Å². The van der Waals surface area contributed by atoms with Crippen molar-refractivity contribution in [3.63, 3.8) is 0 Å². The van der Waals surface area contributed by atoms with Crippen molar-refractivity contribution in [1.82, 2.24) is 19.7 Å². The lowest BCUT2D eigenvalue weighted by molar-refractivity contribution is -0.117. The van der Waals surface area contributed by atoms with E-state index < -0.39 is 0 Å². The van der Waals surface area contributed by atoms with Gasteiger partial charge in [-0.15, -0.1) is 0 Å². The molecule has 31 heavy (non-hydrogen) atoms. The summed E-state index contributed by atoms with van der Waals surface area (Å²) < 4.78 is 8.40. The van der Waals surface area contributed by atoms with Gasteiger partial charge in [0.25, 0.3) is 0 Å². The minimum atomic E-state index is 0.0669. The molecule has 6 rings (SSSR count). The lowest BCUT2D eigenvalue weighted by Crippen LogP contribution is -2.28. The van der Waals surface area contributed by atoms with Crippen molar-refractivity contribution in [1.29, 1.82) is 0 Å². The number of amides is 1. The van der Waals surface area contributed by atoms with Gasteiger partial charge in [-0.2, -0.15) is 5.10 Å². The zero-order chi connectivity index (χ0) is 20.8. The highest BCUT2D eigenvalue weighted by atomic mass is 16.5. The fourth-order valence-corrected chi connectivity index (χ4v) is 5.71. The Morgan fingerprint density at radius 1 is 1.06 bits per heavy atom. The molecule has 1 amide bonds. The van der Waals surface area contributed by atoms with Gasteiger partial charge in [-0.1, -0.05) is 6.42 Å². The number of likely N-dealkylation sites (tertiary alicyclic amines) is 1. The molecule has 160 valence electrons. The molecular formula is C25H28N4O2. The van der Waals surface area contributed by atoms with Gasteiger partial charge in [-0.25, -0.2) is 0 Å². The van der Waals surface area contributed by atoms with E-state index in [1.165, 1.54) is 25.0 Å². The molecule has 1 saturated heterocycles. The molecule has 0 radical (unpaired) electrons. The Bertz CT molecular complexity index is 1130. The molecule has 1 spiro atoms. The number of hydrogen-bond donors (Lipinski definition) is 0. The number of nitrogens with zero attached hydrogens (tertiary/aromatic N) is 4. The van der Waals surface area contributed by atoms with Crippen LogP contribution in [0.5, 0.6) is 5.75 Å². The molecule has 3 aliphatic rings. The van der Waals surface area contributed by atoms with Gasteiger partial charge in [0.1, 0.15) is 5.75 Å². The van der Waals surface area contributed by atoms with Crippen LogP contribution in [0.15, 0.2) is 36.5 Å². The van der Waals surface area contributed by atoms with E-state index in [1.54, 1.807) is 0 Å². The van der Waals surface area contributed by atoms with E-state index in [9.17, 15) is 4.79 Å². The second-order valence-corrected chi connectivity index (χ2v) is 9.45. The van der Waals surface area contributed by atoms with E-state index in [1.807, 2.05) is 23.2 Å². The number of aromatic nitrogens is 3. The maximum atomic E-state index is 11.2. The number of carbonyl (C=O) groups is 1. The lowest BCUT2D eigenvalue weighted by atomic mass is 9.82. The number of carbonyl (C=O) groups excluding carboxylic acids is 1. The Morgan fingerprint density at radius 2 is 1.94 bits per heavy atom. The predicted octanol–water partition coefficient (Wildman–Crippen LogP) is 4.31. The topological polar surface area (TPSA) is 60.2 Å². The third-order valence-electron chi connectivity index (χ3n) is 7.46. The Hall–Kier alpha value is -2.89. The Kier molecular flexibility index (Phi) is 4.47. The number of fused-ring (bicyclic) bond motifs is 3. The summed E-state index contributed by atoms with van der Waals surface area (Å²) in [5, 5.41) is 5.98. The van der Waals surface area contributed by atoms with E-state index in [2.05, 4.69) is 27.9 Å². The van der Waals surface area contributed by atoms with Gasteiger partial charge in [0, 0.05) is 47.9 Å². The second kappa shape index (κ2) is 7.36. The SMILES string of the molecule is O=CN1CCC2(CCn3nc(-c4cnc5ccc(OC6CCCCC6)cc5c4)cc32)C1. The van der Waals surface area contributed by atoms with Crippen LogP contribution < -0.4 is 4.74 Å². The molecule has 3 aromatic rings. The number of ether oxygens (including phenoxy) is 1. The number of pyridine rings is 1. The molecule has 6 heteroatoms. The number of rotatable bonds is 4. The van der Waals surface area contributed by atoms with Gasteiger partial charge in [0.05, 0.1) is 17.3 Å². The fourth-order valence-electron chi connectivity index (χ4n) is 5.71. The summed E-state index contributed by atoms with van der Waals surface area (Å²) in [6.45, 7) is 2.56. The first-order chi connectivity index (χ1) is 15.2. The molecule has 1 aliphatic carbocycles. The highest BCUT2D eigenvalue weighted by Crippen LogP contribution is 2.43. The fraction of sp³-hybridized carbons (Fsp3) is 0.480. The Morgan fingerprint density at radius 3 is 2.77 bits per heavy atom. The van der Waals surface area contributed by atoms with Gasteiger partial charge in [-0.3, -0.25) is 14.5 Å². The molecule has 1 saturated carbocycles. The monoisotopic (exact) mass is 416 g/mol. The molecule has 1 atom stereocenters. The molecule has 2 aromatic heterocycles. The van der Waals surface area contributed by atoms with Crippen LogP contribution in [0.25, 0.3) is 22.2 Å². The first-order valence-electron chi connectivity index (χ1n) is 11.6. The number of aryl methyl sites for hydroxylation is 1. The smallest absolute Gasteiger partial charge is 0.209 e. The lowest BCUT2D eigenvalue weighted by Gasteiger charge is -2.23. The number of benzene rings is 1. The third-order valence-corrected chi connectivity index (χ3v) is 7.46. The van der Waals surface area contributed by atoms with E-state index in [0.29, 0.717) is 6.10 Å². The quantitative estimate of drug-likeness (QED) is 0.595. The minimum absolute atomic E-state index is 0.0669. The summed E-state index contributed by atoms with van der Waals surface area (Å²) in [6.07, 6.45) is 11.5. The number of hydrogen-bond acceptors (Lipinski definition) is 4. The molecule has 2 aliphatic heterocycles. The molecular weight excluding hydrogens is 388 g/mol. The highest BCUT2D eigenvalue weighted by molar-refractivity contribution is 5.84. The zero-order valence-electron chi connectivity index (χ0n) is 17.8. The van der Waals surface area contributed by atoms with Crippen molar-refractivity contribution in [2.75, 3.05) is 13.1 Å². The Labute approximate surface area is 182 Å². The van der Waals surface area contributed by atoms with Gasteiger partial charge in [0.15, 0.2) is 0 Å². The molecule has 4 heterocycles. The normalized spacial score (nSPS) is 23.5. The summed E-state index contributed by atoms with van der Waals surface area (Å²) in [4.78, 5) is 17.8. The summed E-state index contributed by atoms with van der Waals surface area (Å²) in [5.74, 6) is 0.935. The van der Waals surface area contributed by atoms with Gasteiger partial charge in [-0.05, 0) is 68.9 Å². The molecule has 0 N–H and O–H groups in total. The summed E-state index contributed by atoms with van der Waals surface area (Å²) in [5.41, 5.74) is 4.30. The second-order valence-electron chi connectivity index (χ2n) is 9.45. The summed E-state index contributed by atoms with van der Waals surface area (Å²) >= 11 is 0. The van der Waals surface area contributed by atoms with Crippen LogP contribution >= 0.6 is 0 Å². The van der Waals surface area contributed by atoms with Crippen molar-refractivity contribution < 1.29 is 9.53 Å². The van der Waals surface area contributed by atoms with Crippen LogP contribution in [0.2, 0.25) is 0 Å². The van der Waals surface area contributed by atoms with Crippen molar-refractivity contribution in [2.24, 2.45) is 0 Å². The van der Waals surface area contributed by atoms with E-state index >= 15 is 0 Å². The zero-order valence-corrected chi connectivity index (χ0v) is 17.8. The van der Waals surface area contributed by atoms with Crippen molar-refractivity contribution in [3.8, 4) is 17.0 Å². The summed E-state index contributed by atoms with van der Waals surface area (Å²) in [7, 11) is 0. The van der Waals surface area contributed by atoms with Gasteiger partial charge >= 0.3 is 0 Å². The molecule has 1 aromatic carbocycles. The average Bonchev–Trinajstić information content (AvgIpc) is 3.51. The largest absolute Gasteiger partial charge is 0.490 e. The summed E-state index contributed by atoms with van der Waals surface area (Å²) in [6, 6.07) is 10.6. The van der Waals surface area contributed by atoms with E-state index in [0.717, 1.165) is 79.6 Å². The van der Waals surface area contributed by atoms with Crippen LogP contribution in [0.3, 0.4) is 0 Å². The molecule has 6 nitrogen and oxygen atoms in total. The van der Waals surface area contributed by atoms with Crippen LogP contribution in [0.4, 0.5) is 0 Å². The predicted molar refractivity (Wildman–Crippen MR) is 119 cm³/mol.